The van der Waals surface area contributed by atoms with Crippen LogP contribution in [0.15, 0.2) is 58.5 Å². The molecule has 0 spiro atoms. The Morgan fingerprint density at radius 2 is 2.04 bits per heavy atom. The number of thioether (sulfide) groups is 1. The van der Waals surface area contributed by atoms with Crippen molar-refractivity contribution in [3.05, 3.63) is 58.9 Å². The molecule has 27 heavy (non-hydrogen) atoms. The first-order valence-electron chi connectivity index (χ1n) is 8.65. The van der Waals surface area contributed by atoms with Crippen molar-refractivity contribution in [1.82, 2.24) is 14.9 Å². The minimum Gasteiger partial charge on any atom is -0.497 e. The molecular formula is C20H21N3O3S. The van der Waals surface area contributed by atoms with Crippen LogP contribution in [-0.2, 0) is 4.79 Å². The lowest BCUT2D eigenvalue weighted by molar-refractivity contribution is -0.120. The van der Waals surface area contributed by atoms with Gasteiger partial charge in [0.1, 0.15) is 5.75 Å². The van der Waals surface area contributed by atoms with Crippen LogP contribution in [0.3, 0.4) is 0 Å². The first-order valence-corrected chi connectivity index (χ1v) is 9.53. The first kappa shape index (κ1) is 19.0. The van der Waals surface area contributed by atoms with E-state index in [0.29, 0.717) is 34.0 Å². The maximum Gasteiger partial charge on any atom is 0.266 e. The fraction of sp³-hybridized carbons (Fsp3) is 0.250. The van der Waals surface area contributed by atoms with Gasteiger partial charge in [0.15, 0.2) is 5.16 Å². The van der Waals surface area contributed by atoms with Crippen molar-refractivity contribution in [2.45, 2.75) is 24.3 Å². The lowest BCUT2D eigenvalue weighted by Gasteiger charge is -2.16. The second-order valence-corrected chi connectivity index (χ2v) is 7.22. The van der Waals surface area contributed by atoms with Crippen LogP contribution in [0.5, 0.6) is 5.75 Å². The van der Waals surface area contributed by atoms with Crippen molar-refractivity contribution in [3.63, 3.8) is 0 Å². The number of amides is 1. The van der Waals surface area contributed by atoms with Crippen LogP contribution >= 0.6 is 11.8 Å². The molecule has 1 aromatic heterocycles. The van der Waals surface area contributed by atoms with E-state index in [2.05, 4.69) is 10.3 Å². The first-order chi connectivity index (χ1) is 13.0. The van der Waals surface area contributed by atoms with Gasteiger partial charge in [0, 0.05) is 12.6 Å². The Labute approximate surface area is 161 Å². The van der Waals surface area contributed by atoms with Gasteiger partial charge < -0.3 is 10.1 Å². The number of nitrogens with zero attached hydrogens (tertiary/aromatic N) is 2. The summed E-state index contributed by atoms with van der Waals surface area (Å²) in [6, 6.07) is 14.4. The number of carbonyl (C=O) groups is 1. The largest absolute Gasteiger partial charge is 0.497 e. The van der Waals surface area contributed by atoms with Gasteiger partial charge in [-0.25, -0.2) is 4.98 Å². The molecule has 7 heteroatoms. The zero-order valence-electron chi connectivity index (χ0n) is 15.4. The number of aromatic nitrogens is 2. The molecule has 2 aromatic carbocycles. The number of benzene rings is 2. The summed E-state index contributed by atoms with van der Waals surface area (Å²) in [5.41, 5.74) is 1.06. The zero-order valence-corrected chi connectivity index (χ0v) is 16.2. The quantitative estimate of drug-likeness (QED) is 0.523. The average Bonchev–Trinajstić information content (AvgIpc) is 2.68. The van der Waals surface area contributed by atoms with E-state index in [1.165, 1.54) is 16.3 Å². The maximum atomic E-state index is 13.2. The summed E-state index contributed by atoms with van der Waals surface area (Å²) in [6.07, 6.45) is 0. The fourth-order valence-electron chi connectivity index (χ4n) is 2.70. The Morgan fingerprint density at radius 3 is 2.78 bits per heavy atom. The number of methoxy groups -OCH3 is 1. The van der Waals surface area contributed by atoms with Crippen LogP contribution in [0, 0.1) is 0 Å². The minimum absolute atomic E-state index is 0.0953. The van der Waals surface area contributed by atoms with Gasteiger partial charge in [0.05, 0.1) is 29.0 Å². The van der Waals surface area contributed by atoms with E-state index in [1.54, 1.807) is 32.2 Å². The molecule has 3 aromatic rings. The van der Waals surface area contributed by atoms with Crippen LogP contribution < -0.4 is 15.6 Å². The number of rotatable bonds is 6. The molecule has 0 unspecified atom stereocenters. The number of fused-ring (bicyclic) bond motifs is 1. The Kier molecular flexibility index (Phi) is 5.81. The monoisotopic (exact) mass is 383 g/mol. The molecule has 0 saturated carbocycles. The molecule has 1 amide bonds. The zero-order chi connectivity index (χ0) is 19.4. The van der Waals surface area contributed by atoms with Gasteiger partial charge >= 0.3 is 0 Å². The summed E-state index contributed by atoms with van der Waals surface area (Å²) < 4.78 is 6.82. The van der Waals surface area contributed by atoms with Gasteiger partial charge in [-0.05, 0) is 38.1 Å². The van der Waals surface area contributed by atoms with Crippen molar-refractivity contribution in [1.29, 1.82) is 0 Å². The molecule has 0 saturated heterocycles. The van der Waals surface area contributed by atoms with Crippen LogP contribution in [0.25, 0.3) is 16.6 Å². The minimum atomic E-state index is -0.394. The third kappa shape index (κ3) is 3.98. The third-order valence-corrected chi connectivity index (χ3v) is 5.11. The summed E-state index contributed by atoms with van der Waals surface area (Å²) >= 11 is 1.25. The second kappa shape index (κ2) is 8.26. The number of nitrogens with one attached hydrogen (secondary N) is 1. The molecule has 0 aliphatic heterocycles. The van der Waals surface area contributed by atoms with Crippen molar-refractivity contribution >= 4 is 28.6 Å². The summed E-state index contributed by atoms with van der Waals surface area (Å²) in [4.78, 5) is 30.0. The van der Waals surface area contributed by atoms with Crippen molar-refractivity contribution in [2.75, 3.05) is 13.7 Å². The molecule has 0 radical (unpaired) electrons. The van der Waals surface area contributed by atoms with E-state index >= 15 is 0 Å². The lowest BCUT2D eigenvalue weighted by Crippen LogP contribution is -2.31. The molecule has 1 atom stereocenters. The van der Waals surface area contributed by atoms with Crippen LogP contribution in [-0.4, -0.2) is 34.4 Å². The van der Waals surface area contributed by atoms with Crippen molar-refractivity contribution in [2.24, 2.45) is 0 Å². The van der Waals surface area contributed by atoms with E-state index in [-0.39, 0.29) is 11.5 Å². The van der Waals surface area contributed by atoms with Crippen LogP contribution in [0.1, 0.15) is 13.8 Å². The number of para-hydroxylation sites is 1. The molecule has 140 valence electrons. The van der Waals surface area contributed by atoms with Gasteiger partial charge in [0.25, 0.3) is 5.56 Å². The van der Waals surface area contributed by atoms with Gasteiger partial charge in [0.2, 0.25) is 5.91 Å². The van der Waals surface area contributed by atoms with Gasteiger partial charge in [-0.1, -0.05) is 30.0 Å². The average molecular weight is 383 g/mol. The second-order valence-electron chi connectivity index (χ2n) is 5.91. The van der Waals surface area contributed by atoms with E-state index in [1.807, 2.05) is 37.3 Å². The molecule has 1 N–H and O–H groups in total. The molecule has 3 rings (SSSR count). The van der Waals surface area contributed by atoms with Crippen molar-refractivity contribution < 1.29 is 9.53 Å². The summed E-state index contributed by atoms with van der Waals surface area (Å²) in [6.45, 7) is 4.22. The summed E-state index contributed by atoms with van der Waals surface area (Å²) in [7, 11) is 1.58. The topological polar surface area (TPSA) is 73.2 Å². The highest BCUT2D eigenvalue weighted by molar-refractivity contribution is 8.00. The van der Waals surface area contributed by atoms with E-state index in [0.717, 1.165) is 0 Å². The Hall–Kier alpha value is -2.80. The standard InChI is InChI=1S/C20H21N3O3S/c1-4-21-18(24)13(2)27-20-22-17-11-6-5-10-16(17)19(25)23(20)14-8-7-9-15(12-14)26-3/h5-13H,4H2,1-3H3,(H,21,24)/t13-/m0/s1. The van der Waals surface area contributed by atoms with E-state index < -0.39 is 5.25 Å². The summed E-state index contributed by atoms with van der Waals surface area (Å²) in [5.74, 6) is 0.544. The molecule has 6 nitrogen and oxygen atoms in total. The highest BCUT2D eigenvalue weighted by Gasteiger charge is 2.20. The number of ether oxygens (including phenoxy) is 1. The van der Waals surface area contributed by atoms with Gasteiger partial charge in [-0.3, -0.25) is 14.2 Å². The molecule has 1 heterocycles. The predicted molar refractivity (Wildman–Crippen MR) is 108 cm³/mol. The highest BCUT2D eigenvalue weighted by atomic mass is 32.2. The molecule has 0 bridgehead atoms. The Morgan fingerprint density at radius 1 is 1.26 bits per heavy atom. The lowest BCUT2D eigenvalue weighted by atomic mass is 10.2. The highest BCUT2D eigenvalue weighted by Crippen LogP contribution is 2.26. The van der Waals surface area contributed by atoms with Gasteiger partial charge in [-0.2, -0.15) is 0 Å². The molecular weight excluding hydrogens is 362 g/mol. The molecule has 0 aliphatic rings. The number of hydrogen-bond acceptors (Lipinski definition) is 5. The van der Waals surface area contributed by atoms with Crippen molar-refractivity contribution in [3.8, 4) is 11.4 Å². The third-order valence-electron chi connectivity index (χ3n) is 4.06. The SMILES string of the molecule is CCNC(=O)[C@H](C)Sc1nc2ccccc2c(=O)n1-c1cccc(OC)c1. The number of carbonyl (C=O) groups excluding carboxylic acids is 1. The molecule has 0 aliphatic carbocycles. The van der Waals surface area contributed by atoms with E-state index in [9.17, 15) is 9.59 Å². The van der Waals surface area contributed by atoms with E-state index in [4.69, 9.17) is 4.74 Å². The maximum absolute atomic E-state index is 13.2. The number of hydrogen-bond donors (Lipinski definition) is 1. The Bertz CT molecular complexity index is 1030. The molecule has 0 fully saturated rings. The fourth-order valence-corrected chi connectivity index (χ4v) is 3.65. The normalized spacial score (nSPS) is 12.0. The Balaban J connectivity index is 2.18. The predicted octanol–water partition coefficient (Wildman–Crippen LogP) is 3.01. The van der Waals surface area contributed by atoms with Crippen LogP contribution in [0.4, 0.5) is 0 Å². The summed E-state index contributed by atoms with van der Waals surface area (Å²) in [5, 5.41) is 3.39. The smallest absolute Gasteiger partial charge is 0.266 e. The van der Waals surface area contributed by atoms with Crippen LogP contribution in [0.2, 0.25) is 0 Å². The van der Waals surface area contributed by atoms with Gasteiger partial charge in [-0.15, -0.1) is 0 Å².